The quantitative estimate of drug-likeness (QED) is 0.793. The number of ether oxygens (including phenoxy) is 5. The van der Waals surface area contributed by atoms with Crippen molar-refractivity contribution in [2.45, 2.75) is 75.9 Å². The standard InChI is InChI=1S/C15H24O6/c1-6-7-15(16)10(9-8-17-13(2,3)19-9)18-12-11(15)20-14(4,5)21-12/h6,9-12,16H,1,7-8H2,2-5H3/t9?,10?,11-,12+,15+/m0/s1. The van der Waals surface area contributed by atoms with Gasteiger partial charge in [0.2, 0.25) is 0 Å². The number of fused-ring (bicyclic) bond motifs is 1. The molecule has 3 fully saturated rings. The second-order valence-corrected chi connectivity index (χ2v) is 6.83. The molecule has 0 amide bonds. The molecular weight excluding hydrogens is 276 g/mol. The van der Waals surface area contributed by atoms with Crippen LogP contribution < -0.4 is 0 Å². The summed E-state index contributed by atoms with van der Waals surface area (Å²) in [4.78, 5) is 0. The zero-order valence-corrected chi connectivity index (χ0v) is 13.0. The summed E-state index contributed by atoms with van der Waals surface area (Å²) in [5.41, 5.74) is -1.24. The summed E-state index contributed by atoms with van der Waals surface area (Å²) in [6, 6.07) is 0. The molecule has 0 aromatic carbocycles. The van der Waals surface area contributed by atoms with Gasteiger partial charge in [-0.05, 0) is 34.1 Å². The lowest BCUT2D eigenvalue weighted by molar-refractivity contribution is -0.247. The van der Waals surface area contributed by atoms with E-state index in [9.17, 15) is 5.11 Å². The van der Waals surface area contributed by atoms with Gasteiger partial charge < -0.3 is 28.8 Å². The Morgan fingerprint density at radius 3 is 2.38 bits per heavy atom. The Labute approximate surface area is 125 Å². The third-order valence-corrected chi connectivity index (χ3v) is 4.16. The Morgan fingerprint density at radius 2 is 1.81 bits per heavy atom. The van der Waals surface area contributed by atoms with E-state index in [0.29, 0.717) is 13.0 Å². The maximum absolute atomic E-state index is 11.1. The summed E-state index contributed by atoms with van der Waals surface area (Å²) >= 11 is 0. The molecule has 5 atom stereocenters. The fraction of sp³-hybridized carbons (Fsp3) is 0.867. The van der Waals surface area contributed by atoms with Gasteiger partial charge in [0.25, 0.3) is 0 Å². The van der Waals surface area contributed by atoms with Gasteiger partial charge in [0, 0.05) is 0 Å². The van der Waals surface area contributed by atoms with E-state index in [1.54, 1.807) is 19.9 Å². The van der Waals surface area contributed by atoms with E-state index in [0.717, 1.165) is 0 Å². The smallest absolute Gasteiger partial charge is 0.190 e. The molecule has 120 valence electrons. The van der Waals surface area contributed by atoms with Crippen molar-refractivity contribution in [3.8, 4) is 0 Å². The largest absolute Gasteiger partial charge is 0.384 e. The highest BCUT2D eigenvalue weighted by atomic mass is 16.8. The zero-order chi connectivity index (χ0) is 15.5. The van der Waals surface area contributed by atoms with Gasteiger partial charge in [-0.2, -0.15) is 0 Å². The van der Waals surface area contributed by atoms with Crippen molar-refractivity contribution in [1.29, 1.82) is 0 Å². The number of rotatable bonds is 3. The summed E-state index contributed by atoms with van der Waals surface area (Å²) in [6.07, 6.45) is -0.133. The number of hydrogen-bond acceptors (Lipinski definition) is 6. The second-order valence-electron chi connectivity index (χ2n) is 6.83. The van der Waals surface area contributed by atoms with Crippen LogP contribution in [0.2, 0.25) is 0 Å². The van der Waals surface area contributed by atoms with E-state index < -0.39 is 35.7 Å². The lowest BCUT2D eigenvalue weighted by Gasteiger charge is -2.35. The molecule has 3 rings (SSSR count). The van der Waals surface area contributed by atoms with Gasteiger partial charge in [0.15, 0.2) is 17.9 Å². The lowest BCUT2D eigenvalue weighted by Crippen LogP contribution is -2.53. The summed E-state index contributed by atoms with van der Waals surface area (Å²) in [5, 5.41) is 11.1. The molecule has 2 unspecified atom stereocenters. The summed E-state index contributed by atoms with van der Waals surface area (Å²) in [6.45, 7) is 11.4. The fourth-order valence-corrected chi connectivity index (χ4v) is 3.33. The van der Waals surface area contributed by atoms with E-state index >= 15 is 0 Å². The highest BCUT2D eigenvalue weighted by Gasteiger charge is 2.65. The molecule has 0 aromatic rings. The molecule has 0 aromatic heterocycles. The van der Waals surface area contributed by atoms with Crippen molar-refractivity contribution >= 4 is 0 Å². The molecule has 3 aliphatic rings. The Morgan fingerprint density at radius 1 is 1.10 bits per heavy atom. The van der Waals surface area contributed by atoms with E-state index in [1.165, 1.54) is 0 Å². The van der Waals surface area contributed by atoms with Crippen molar-refractivity contribution in [2.75, 3.05) is 6.61 Å². The molecule has 3 saturated heterocycles. The fourth-order valence-electron chi connectivity index (χ4n) is 3.33. The van der Waals surface area contributed by atoms with Crippen LogP contribution in [0.1, 0.15) is 34.1 Å². The van der Waals surface area contributed by atoms with Crippen molar-refractivity contribution in [3.05, 3.63) is 12.7 Å². The number of aliphatic hydroxyl groups is 1. The molecule has 0 bridgehead atoms. The highest BCUT2D eigenvalue weighted by molar-refractivity contribution is 5.10. The van der Waals surface area contributed by atoms with Gasteiger partial charge >= 0.3 is 0 Å². The first-order chi connectivity index (χ1) is 9.67. The molecule has 3 aliphatic heterocycles. The molecule has 0 aliphatic carbocycles. The van der Waals surface area contributed by atoms with Gasteiger partial charge in [0.1, 0.15) is 23.9 Å². The van der Waals surface area contributed by atoms with Gasteiger partial charge in [-0.3, -0.25) is 0 Å². The van der Waals surface area contributed by atoms with Crippen molar-refractivity contribution in [1.82, 2.24) is 0 Å². The van der Waals surface area contributed by atoms with Crippen LogP contribution in [0.3, 0.4) is 0 Å². The van der Waals surface area contributed by atoms with Crippen molar-refractivity contribution in [3.63, 3.8) is 0 Å². The van der Waals surface area contributed by atoms with Gasteiger partial charge in [0.05, 0.1) is 6.61 Å². The Kier molecular flexibility index (Phi) is 3.48. The Balaban J connectivity index is 1.84. The minimum Gasteiger partial charge on any atom is -0.384 e. The average Bonchev–Trinajstić information content (AvgIpc) is 2.92. The Hall–Kier alpha value is -0.500. The van der Waals surface area contributed by atoms with Crippen molar-refractivity contribution in [2.24, 2.45) is 0 Å². The van der Waals surface area contributed by atoms with Crippen LogP contribution in [-0.2, 0) is 23.7 Å². The third-order valence-electron chi connectivity index (χ3n) is 4.16. The van der Waals surface area contributed by atoms with Crippen LogP contribution >= 0.6 is 0 Å². The maximum atomic E-state index is 11.1. The predicted molar refractivity (Wildman–Crippen MR) is 73.4 cm³/mol. The summed E-state index contributed by atoms with van der Waals surface area (Å²) in [7, 11) is 0. The molecule has 21 heavy (non-hydrogen) atoms. The maximum Gasteiger partial charge on any atom is 0.190 e. The average molecular weight is 300 g/mol. The Bertz CT molecular complexity index is 434. The van der Waals surface area contributed by atoms with E-state index in [4.69, 9.17) is 23.7 Å². The summed E-state index contributed by atoms with van der Waals surface area (Å²) < 4.78 is 28.9. The second kappa shape index (κ2) is 4.75. The molecule has 6 nitrogen and oxygen atoms in total. The molecule has 0 saturated carbocycles. The van der Waals surface area contributed by atoms with Crippen LogP contribution in [0.4, 0.5) is 0 Å². The molecule has 0 spiro atoms. The first-order valence-corrected chi connectivity index (χ1v) is 7.33. The van der Waals surface area contributed by atoms with Gasteiger partial charge in [-0.1, -0.05) is 6.08 Å². The first kappa shape index (κ1) is 15.4. The molecule has 0 radical (unpaired) electrons. The molecular formula is C15H24O6. The minimum atomic E-state index is -1.24. The van der Waals surface area contributed by atoms with Crippen LogP contribution in [0, 0.1) is 0 Å². The zero-order valence-electron chi connectivity index (χ0n) is 13.0. The minimum absolute atomic E-state index is 0.332. The summed E-state index contributed by atoms with van der Waals surface area (Å²) in [5.74, 6) is -1.45. The predicted octanol–water partition coefficient (Wildman–Crippen LogP) is 1.32. The van der Waals surface area contributed by atoms with Gasteiger partial charge in [-0.25, -0.2) is 0 Å². The van der Waals surface area contributed by atoms with Crippen LogP contribution in [0.25, 0.3) is 0 Å². The normalized spacial score (nSPS) is 47.5. The SMILES string of the molecule is C=CC[C@@]1(O)C(C2COC(C)(C)O2)O[C@@H]2OC(C)(C)O[C@@H]21. The lowest BCUT2D eigenvalue weighted by atomic mass is 9.86. The van der Waals surface area contributed by atoms with E-state index in [2.05, 4.69) is 6.58 Å². The highest BCUT2D eigenvalue weighted by Crippen LogP contribution is 2.47. The molecule has 6 heteroatoms. The monoisotopic (exact) mass is 300 g/mol. The topological polar surface area (TPSA) is 66.4 Å². The molecule has 3 heterocycles. The number of hydrogen-bond donors (Lipinski definition) is 1. The third kappa shape index (κ3) is 2.54. The van der Waals surface area contributed by atoms with Crippen LogP contribution in [-0.4, -0.2) is 53.5 Å². The van der Waals surface area contributed by atoms with Crippen molar-refractivity contribution < 1.29 is 28.8 Å². The van der Waals surface area contributed by atoms with Crippen LogP contribution in [0.5, 0.6) is 0 Å². The van der Waals surface area contributed by atoms with Gasteiger partial charge in [-0.15, -0.1) is 6.58 Å². The van der Waals surface area contributed by atoms with E-state index in [-0.39, 0.29) is 6.10 Å². The molecule has 1 N–H and O–H groups in total. The first-order valence-electron chi connectivity index (χ1n) is 7.33. The van der Waals surface area contributed by atoms with E-state index in [1.807, 2.05) is 13.8 Å². The van der Waals surface area contributed by atoms with Crippen LogP contribution in [0.15, 0.2) is 12.7 Å².